The van der Waals surface area contributed by atoms with Crippen molar-refractivity contribution in [1.82, 2.24) is 4.90 Å². The highest BCUT2D eigenvalue weighted by atomic mass is 35.5. The molecule has 0 spiro atoms. The Bertz CT molecular complexity index is 456. The average Bonchev–Trinajstić information content (AvgIpc) is 2.75. The fourth-order valence-corrected chi connectivity index (χ4v) is 2.59. The topological polar surface area (TPSA) is 36.3 Å². The van der Waals surface area contributed by atoms with Crippen LogP contribution in [0.4, 0.5) is 0 Å². The van der Waals surface area contributed by atoms with E-state index in [0.717, 1.165) is 6.42 Å². The molecule has 1 unspecified atom stereocenters. The van der Waals surface area contributed by atoms with E-state index in [2.05, 4.69) is 18.0 Å². The van der Waals surface area contributed by atoms with Crippen molar-refractivity contribution in [1.29, 1.82) is 5.26 Å². The van der Waals surface area contributed by atoms with Gasteiger partial charge in [-0.1, -0.05) is 17.7 Å². The van der Waals surface area contributed by atoms with Gasteiger partial charge < -0.3 is 9.64 Å². The van der Waals surface area contributed by atoms with Crippen molar-refractivity contribution in [2.75, 3.05) is 20.2 Å². The molecule has 0 N–H and O–H groups in total. The van der Waals surface area contributed by atoms with Gasteiger partial charge >= 0.3 is 0 Å². The molecule has 0 radical (unpaired) electrons. The summed E-state index contributed by atoms with van der Waals surface area (Å²) in [4.78, 5) is 2.37. The summed E-state index contributed by atoms with van der Waals surface area (Å²) in [6.07, 6.45) is 3.50. The Labute approximate surface area is 113 Å². The van der Waals surface area contributed by atoms with Gasteiger partial charge in [-0.25, -0.2) is 0 Å². The van der Waals surface area contributed by atoms with E-state index >= 15 is 0 Å². The second-order valence-electron chi connectivity index (χ2n) is 4.64. The maximum Gasteiger partial charge on any atom is 0.138 e. The van der Waals surface area contributed by atoms with Crippen molar-refractivity contribution >= 4 is 11.6 Å². The van der Waals surface area contributed by atoms with Gasteiger partial charge in [-0.15, -0.1) is 0 Å². The maximum atomic E-state index is 9.03. The molecule has 4 heteroatoms. The van der Waals surface area contributed by atoms with Crippen molar-refractivity contribution in [2.24, 2.45) is 0 Å². The van der Waals surface area contributed by atoms with Gasteiger partial charge in [-0.3, -0.25) is 0 Å². The predicted molar refractivity (Wildman–Crippen MR) is 71.9 cm³/mol. The maximum absolute atomic E-state index is 9.03. The Hall–Kier alpha value is -1.24. The van der Waals surface area contributed by atoms with E-state index in [-0.39, 0.29) is 0 Å². The van der Waals surface area contributed by atoms with Crippen molar-refractivity contribution in [3.63, 3.8) is 0 Å². The number of rotatable bonds is 4. The molecule has 1 saturated heterocycles. The van der Waals surface area contributed by atoms with Gasteiger partial charge in [0.05, 0.1) is 11.6 Å². The Morgan fingerprint density at radius 1 is 1.56 bits per heavy atom. The molecule has 0 aromatic heterocycles. The quantitative estimate of drug-likeness (QED) is 0.839. The van der Waals surface area contributed by atoms with Crippen LogP contribution in [0, 0.1) is 11.3 Å². The number of ether oxygens (including phenoxy) is 1. The van der Waals surface area contributed by atoms with E-state index in [9.17, 15) is 0 Å². The van der Waals surface area contributed by atoms with Crippen molar-refractivity contribution in [3.05, 3.63) is 28.8 Å². The normalized spacial score (nSPS) is 19.7. The van der Waals surface area contributed by atoms with Crippen molar-refractivity contribution < 1.29 is 4.74 Å². The molecule has 1 aromatic carbocycles. The van der Waals surface area contributed by atoms with Gasteiger partial charge in [-0.05, 0) is 45.0 Å². The molecule has 1 atom stereocenters. The molecule has 0 amide bonds. The molecule has 96 valence electrons. The second-order valence-corrected chi connectivity index (χ2v) is 5.05. The summed E-state index contributed by atoms with van der Waals surface area (Å²) in [5.74, 6) is 0.589. The molecule has 0 aliphatic carbocycles. The number of nitriles is 1. The fourth-order valence-electron chi connectivity index (χ4n) is 2.38. The van der Waals surface area contributed by atoms with Gasteiger partial charge in [0.2, 0.25) is 0 Å². The van der Waals surface area contributed by atoms with Crippen molar-refractivity contribution in [2.45, 2.75) is 25.3 Å². The summed E-state index contributed by atoms with van der Waals surface area (Å²) in [7, 11) is 2.15. The summed E-state index contributed by atoms with van der Waals surface area (Å²) < 4.78 is 5.69. The summed E-state index contributed by atoms with van der Waals surface area (Å²) in [5.41, 5.74) is 0.430. The van der Waals surface area contributed by atoms with Gasteiger partial charge in [0.25, 0.3) is 0 Å². The van der Waals surface area contributed by atoms with Crippen LogP contribution < -0.4 is 4.74 Å². The molecule has 1 aliphatic heterocycles. The van der Waals surface area contributed by atoms with E-state index in [4.69, 9.17) is 21.6 Å². The fraction of sp³-hybridized carbons (Fsp3) is 0.500. The highest BCUT2D eigenvalue weighted by Gasteiger charge is 2.20. The minimum atomic E-state index is 0.430. The Morgan fingerprint density at radius 3 is 3.06 bits per heavy atom. The Balaban J connectivity index is 1.91. The van der Waals surface area contributed by atoms with Gasteiger partial charge in [-0.2, -0.15) is 5.26 Å². The minimum absolute atomic E-state index is 0.430. The van der Waals surface area contributed by atoms with Crippen LogP contribution in [-0.2, 0) is 0 Å². The highest BCUT2D eigenvalue weighted by Crippen LogP contribution is 2.26. The van der Waals surface area contributed by atoms with Crippen molar-refractivity contribution in [3.8, 4) is 11.8 Å². The zero-order valence-electron chi connectivity index (χ0n) is 10.5. The van der Waals surface area contributed by atoms with Crippen LogP contribution in [0.15, 0.2) is 18.2 Å². The second kappa shape index (κ2) is 6.08. The smallest absolute Gasteiger partial charge is 0.138 e. The number of halogens is 1. The largest absolute Gasteiger partial charge is 0.492 e. The van der Waals surface area contributed by atoms with E-state index in [1.807, 2.05) is 0 Å². The molecule has 3 nitrogen and oxygen atoms in total. The summed E-state index contributed by atoms with van der Waals surface area (Å²) in [6.45, 7) is 1.80. The molecule has 0 bridgehead atoms. The van der Waals surface area contributed by atoms with Crippen LogP contribution in [0.2, 0.25) is 5.02 Å². The lowest BCUT2D eigenvalue weighted by Gasteiger charge is -2.19. The van der Waals surface area contributed by atoms with Crippen LogP contribution >= 0.6 is 11.6 Å². The Morgan fingerprint density at radius 2 is 2.39 bits per heavy atom. The number of benzene rings is 1. The third-order valence-corrected chi connectivity index (χ3v) is 3.78. The first-order chi connectivity index (χ1) is 8.72. The van der Waals surface area contributed by atoms with Crippen LogP contribution in [0.25, 0.3) is 0 Å². The molecule has 1 aliphatic rings. The molecule has 2 rings (SSSR count). The number of hydrogen-bond donors (Lipinski definition) is 0. The molecule has 1 fully saturated rings. The van der Waals surface area contributed by atoms with E-state index in [0.29, 0.717) is 29.0 Å². The zero-order chi connectivity index (χ0) is 13.0. The SMILES string of the molecule is CN1CCCC1CCOc1cccc(Cl)c1C#N. The summed E-state index contributed by atoms with van der Waals surface area (Å²) >= 11 is 5.95. The van der Waals surface area contributed by atoms with Crippen LogP contribution in [0.5, 0.6) is 5.75 Å². The average molecular weight is 265 g/mol. The molecule has 0 saturated carbocycles. The van der Waals surface area contributed by atoms with Gasteiger partial charge in [0, 0.05) is 6.04 Å². The minimum Gasteiger partial charge on any atom is -0.492 e. The molecular weight excluding hydrogens is 248 g/mol. The lowest BCUT2D eigenvalue weighted by atomic mass is 10.1. The Kier molecular flexibility index (Phi) is 4.46. The zero-order valence-corrected chi connectivity index (χ0v) is 11.3. The molecule has 18 heavy (non-hydrogen) atoms. The van der Waals surface area contributed by atoms with Gasteiger partial charge in [0.15, 0.2) is 0 Å². The monoisotopic (exact) mass is 264 g/mol. The molecular formula is C14H17ClN2O. The predicted octanol–water partition coefficient (Wildman–Crippen LogP) is 3.07. The van der Waals surface area contributed by atoms with E-state index < -0.39 is 0 Å². The third kappa shape index (κ3) is 2.95. The van der Waals surface area contributed by atoms with Crippen LogP contribution in [0.3, 0.4) is 0 Å². The first kappa shape index (κ1) is 13.2. The summed E-state index contributed by atoms with van der Waals surface area (Å²) in [5, 5.41) is 9.48. The van der Waals surface area contributed by atoms with Crippen LogP contribution in [-0.4, -0.2) is 31.1 Å². The first-order valence-corrected chi connectivity index (χ1v) is 6.62. The number of likely N-dealkylation sites (tertiary alicyclic amines) is 1. The molecule has 1 heterocycles. The van der Waals surface area contributed by atoms with E-state index in [1.54, 1.807) is 18.2 Å². The first-order valence-electron chi connectivity index (χ1n) is 6.24. The lowest BCUT2D eigenvalue weighted by Crippen LogP contribution is -2.26. The summed E-state index contributed by atoms with van der Waals surface area (Å²) in [6, 6.07) is 8.00. The van der Waals surface area contributed by atoms with E-state index in [1.165, 1.54) is 19.4 Å². The van der Waals surface area contributed by atoms with Crippen LogP contribution in [0.1, 0.15) is 24.8 Å². The highest BCUT2D eigenvalue weighted by molar-refractivity contribution is 6.31. The standard InChI is InChI=1S/C14H17ClN2O/c1-17-8-3-4-11(17)7-9-18-14-6-2-5-13(15)12(14)10-16/h2,5-6,11H,3-4,7-9H2,1H3. The lowest BCUT2D eigenvalue weighted by molar-refractivity contribution is 0.233. The third-order valence-electron chi connectivity index (χ3n) is 3.47. The molecule has 1 aromatic rings. The number of nitrogens with zero attached hydrogens (tertiary/aromatic N) is 2. The van der Waals surface area contributed by atoms with Gasteiger partial charge in [0.1, 0.15) is 17.4 Å². The number of hydrogen-bond acceptors (Lipinski definition) is 3.